The Balaban J connectivity index is 3.85. The number of nitrogens with one attached hydrogen (secondary N) is 1. The fraction of sp³-hybridized carbons (Fsp3) is 0.938. The smallest absolute Gasteiger partial charge is 0.106 e. The zero-order chi connectivity index (χ0) is 14.8. The van der Waals surface area contributed by atoms with E-state index in [1.807, 2.05) is 0 Å². The van der Waals surface area contributed by atoms with Crippen molar-refractivity contribution < 1.29 is 4.74 Å². The van der Waals surface area contributed by atoms with Crippen molar-refractivity contribution in [2.45, 2.75) is 72.3 Å². The largest absolute Gasteiger partial charge is 0.381 e. The Hall–Kier alpha value is -0.590. The molecule has 0 aliphatic carbocycles. The zero-order valence-corrected chi connectivity index (χ0v) is 13.5. The van der Waals surface area contributed by atoms with Crippen LogP contribution in [0, 0.1) is 16.7 Å². The summed E-state index contributed by atoms with van der Waals surface area (Å²) in [6, 6.07) is 2.45. The molecule has 1 unspecified atom stereocenters. The lowest BCUT2D eigenvalue weighted by atomic mass is 9.92. The quantitative estimate of drug-likeness (QED) is 0.611. The molecule has 1 atom stereocenters. The number of ether oxygens (including phenoxy) is 1. The maximum atomic E-state index is 9.36. The first-order valence-corrected chi connectivity index (χ1v) is 7.63. The molecule has 19 heavy (non-hydrogen) atoms. The van der Waals surface area contributed by atoms with E-state index in [0.717, 1.165) is 51.9 Å². The second-order valence-corrected chi connectivity index (χ2v) is 6.50. The van der Waals surface area contributed by atoms with Gasteiger partial charge in [-0.05, 0) is 44.1 Å². The van der Waals surface area contributed by atoms with E-state index < -0.39 is 0 Å². The van der Waals surface area contributed by atoms with Gasteiger partial charge in [0.1, 0.15) is 5.54 Å². The summed E-state index contributed by atoms with van der Waals surface area (Å²) < 4.78 is 5.66. The number of hydrogen-bond acceptors (Lipinski definition) is 3. The molecule has 0 rings (SSSR count). The van der Waals surface area contributed by atoms with E-state index >= 15 is 0 Å². The van der Waals surface area contributed by atoms with Crippen molar-refractivity contribution in [3.8, 4) is 6.07 Å². The average molecular weight is 268 g/mol. The van der Waals surface area contributed by atoms with Gasteiger partial charge in [0.25, 0.3) is 0 Å². The lowest BCUT2D eigenvalue weighted by Gasteiger charge is -2.26. The van der Waals surface area contributed by atoms with Crippen LogP contribution in [0.4, 0.5) is 0 Å². The van der Waals surface area contributed by atoms with Crippen LogP contribution < -0.4 is 5.32 Å². The molecule has 0 aliphatic heterocycles. The van der Waals surface area contributed by atoms with Gasteiger partial charge in [0.2, 0.25) is 0 Å². The third kappa shape index (κ3) is 9.02. The number of nitrogens with zero attached hydrogens (tertiary/aromatic N) is 1. The van der Waals surface area contributed by atoms with Crippen LogP contribution in [0.1, 0.15) is 66.7 Å². The van der Waals surface area contributed by atoms with Gasteiger partial charge in [0, 0.05) is 13.2 Å². The highest BCUT2D eigenvalue weighted by Gasteiger charge is 2.26. The zero-order valence-electron chi connectivity index (χ0n) is 13.5. The van der Waals surface area contributed by atoms with E-state index in [0.29, 0.717) is 5.41 Å². The van der Waals surface area contributed by atoms with Gasteiger partial charge in [-0.3, -0.25) is 5.32 Å². The summed E-state index contributed by atoms with van der Waals surface area (Å²) in [6.07, 6.45) is 4.81. The van der Waals surface area contributed by atoms with Gasteiger partial charge in [-0.25, -0.2) is 0 Å². The second kappa shape index (κ2) is 9.34. The van der Waals surface area contributed by atoms with Gasteiger partial charge in [0.05, 0.1) is 6.07 Å². The highest BCUT2D eigenvalue weighted by molar-refractivity contribution is 5.06. The number of nitriles is 1. The molecule has 0 bridgehead atoms. The molecule has 0 spiro atoms. The van der Waals surface area contributed by atoms with Crippen molar-refractivity contribution in [3.05, 3.63) is 0 Å². The normalized spacial score (nSPS) is 14.9. The molecule has 0 amide bonds. The van der Waals surface area contributed by atoms with Crippen LogP contribution in [0.25, 0.3) is 0 Å². The molecule has 0 saturated heterocycles. The van der Waals surface area contributed by atoms with E-state index in [1.165, 1.54) is 0 Å². The summed E-state index contributed by atoms with van der Waals surface area (Å²) in [5.74, 6) is 0. The summed E-state index contributed by atoms with van der Waals surface area (Å²) >= 11 is 0. The monoisotopic (exact) mass is 268 g/mol. The molecule has 0 aromatic carbocycles. The molecule has 0 saturated carbocycles. The summed E-state index contributed by atoms with van der Waals surface area (Å²) in [7, 11) is 0. The molecule has 0 heterocycles. The van der Waals surface area contributed by atoms with Crippen LogP contribution in [0.15, 0.2) is 0 Å². The topological polar surface area (TPSA) is 45.0 Å². The van der Waals surface area contributed by atoms with Crippen LogP contribution in [-0.2, 0) is 4.74 Å². The summed E-state index contributed by atoms with van der Waals surface area (Å²) in [5.41, 5.74) is -0.0219. The average Bonchev–Trinajstić information content (AvgIpc) is 2.36. The third-order valence-electron chi connectivity index (χ3n) is 3.42. The predicted octanol–water partition coefficient (Wildman–Crippen LogP) is 3.89. The molecule has 0 fully saturated rings. The minimum atomic E-state index is -0.358. The summed E-state index contributed by atoms with van der Waals surface area (Å²) in [5, 5.41) is 12.7. The van der Waals surface area contributed by atoms with Crippen molar-refractivity contribution >= 4 is 0 Å². The van der Waals surface area contributed by atoms with Crippen LogP contribution in [0.2, 0.25) is 0 Å². The molecule has 112 valence electrons. The van der Waals surface area contributed by atoms with Crippen LogP contribution >= 0.6 is 0 Å². The first-order valence-electron chi connectivity index (χ1n) is 7.63. The maximum Gasteiger partial charge on any atom is 0.106 e. The van der Waals surface area contributed by atoms with E-state index in [9.17, 15) is 5.26 Å². The molecule has 0 aliphatic rings. The van der Waals surface area contributed by atoms with Gasteiger partial charge < -0.3 is 4.74 Å². The molecular weight excluding hydrogens is 236 g/mol. The fourth-order valence-corrected chi connectivity index (χ4v) is 1.89. The van der Waals surface area contributed by atoms with Gasteiger partial charge in [-0.2, -0.15) is 5.26 Å². The van der Waals surface area contributed by atoms with Crippen molar-refractivity contribution in [1.82, 2.24) is 5.32 Å². The van der Waals surface area contributed by atoms with Gasteiger partial charge in [-0.1, -0.05) is 34.6 Å². The molecule has 0 radical (unpaired) electrons. The number of rotatable bonds is 10. The Morgan fingerprint density at radius 3 is 2.26 bits per heavy atom. The molecule has 1 N–H and O–H groups in total. The maximum absolute atomic E-state index is 9.36. The summed E-state index contributed by atoms with van der Waals surface area (Å²) in [6.45, 7) is 13.4. The first kappa shape index (κ1) is 18.4. The highest BCUT2D eigenvalue weighted by Crippen LogP contribution is 2.19. The lowest BCUT2D eigenvalue weighted by molar-refractivity contribution is 0.101. The van der Waals surface area contributed by atoms with Crippen molar-refractivity contribution in [3.63, 3.8) is 0 Å². The Morgan fingerprint density at radius 2 is 1.79 bits per heavy atom. The second-order valence-electron chi connectivity index (χ2n) is 6.50. The van der Waals surface area contributed by atoms with Crippen LogP contribution in [0.5, 0.6) is 0 Å². The van der Waals surface area contributed by atoms with E-state index in [-0.39, 0.29) is 5.54 Å². The Morgan fingerprint density at radius 1 is 1.11 bits per heavy atom. The molecule has 0 aromatic rings. The van der Waals surface area contributed by atoms with Crippen molar-refractivity contribution in [1.29, 1.82) is 5.26 Å². The van der Waals surface area contributed by atoms with Gasteiger partial charge in [-0.15, -0.1) is 0 Å². The third-order valence-corrected chi connectivity index (χ3v) is 3.42. The molecule has 0 aromatic heterocycles. The molecule has 3 nitrogen and oxygen atoms in total. The predicted molar refractivity (Wildman–Crippen MR) is 81.1 cm³/mol. The number of hydrogen-bond donors (Lipinski definition) is 1. The SMILES string of the molecule is CCCNC(C#N)(CC)CCCOCCC(C)(C)C. The van der Waals surface area contributed by atoms with Gasteiger partial charge >= 0.3 is 0 Å². The fourth-order valence-electron chi connectivity index (χ4n) is 1.89. The lowest BCUT2D eigenvalue weighted by Crippen LogP contribution is -2.44. The Labute approximate surface area is 119 Å². The van der Waals surface area contributed by atoms with Crippen molar-refractivity contribution in [2.24, 2.45) is 5.41 Å². The van der Waals surface area contributed by atoms with Gasteiger partial charge in [0.15, 0.2) is 0 Å². The Kier molecular flexibility index (Phi) is 9.05. The standard InChI is InChI=1S/C16H32N2O/c1-6-11-18-16(7-2,14-17)9-8-12-19-13-10-15(3,4)5/h18H,6-13H2,1-5H3. The van der Waals surface area contributed by atoms with E-state index in [4.69, 9.17) is 4.74 Å². The van der Waals surface area contributed by atoms with Crippen LogP contribution in [0.3, 0.4) is 0 Å². The van der Waals surface area contributed by atoms with E-state index in [2.05, 4.69) is 46.0 Å². The van der Waals surface area contributed by atoms with E-state index in [1.54, 1.807) is 0 Å². The highest BCUT2D eigenvalue weighted by atomic mass is 16.5. The molecule has 3 heteroatoms. The van der Waals surface area contributed by atoms with Crippen LogP contribution in [-0.4, -0.2) is 25.3 Å². The summed E-state index contributed by atoms with van der Waals surface area (Å²) in [4.78, 5) is 0. The Bertz CT molecular complexity index is 265. The first-order chi connectivity index (χ1) is 8.89. The molecular formula is C16H32N2O. The minimum Gasteiger partial charge on any atom is -0.381 e. The van der Waals surface area contributed by atoms with Crippen molar-refractivity contribution in [2.75, 3.05) is 19.8 Å². The minimum absolute atomic E-state index is 0.336.